The molecule has 0 saturated heterocycles. The summed E-state index contributed by atoms with van der Waals surface area (Å²) in [6.07, 6.45) is 0.927. The Kier molecular flexibility index (Phi) is 7.36. The van der Waals surface area contributed by atoms with Crippen LogP contribution in [0.3, 0.4) is 0 Å². The first-order valence-electron chi connectivity index (χ1n) is 9.78. The lowest BCUT2D eigenvalue weighted by atomic mass is 10.1. The molecule has 0 radical (unpaired) electrons. The van der Waals surface area contributed by atoms with Gasteiger partial charge in [-0.05, 0) is 55.0 Å². The molecule has 2 aromatic rings. The third-order valence-corrected chi connectivity index (χ3v) is 6.68. The molecule has 0 spiro atoms. The van der Waals surface area contributed by atoms with Crippen molar-refractivity contribution in [3.63, 3.8) is 0 Å². The van der Waals surface area contributed by atoms with E-state index in [1.165, 1.54) is 24.3 Å². The second kappa shape index (κ2) is 9.92. The van der Waals surface area contributed by atoms with Crippen molar-refractivity contribution in [2.45, 2.75) is 18.0 Å². The number of alkyl halides is 3. The molecule has 1 heterocycles. The van der Waals surface area contributed by atoms with Crippen LogP contribution in [0.15, 0.2) is 70.3 Å². The van der Waals surface area contributed by atoms with Crippen LogP contribution in [-0.2, 0) is 16.2 Å². The van der Waals surface area contributed by atoms with E-state index >= 15 is 0 Å². The predicted octanol–water partition coefficient (Wildman–Crippen LogP) is 4.72. The molecule has 0 atom stereocenters. The minimum Gasteiger partial charge on any atom is -0.411 e. The number of imide groups is 1. The summed E-state index contributed by atoms with van der Waals surface area (Å²) < 4.78 is 66.1. The summed E-state index contributed by atoms with van der Waals surface area (Å²) in [5, 5.41) is 11.2. The van der Waals surface area contributed by atoms with Gasteiger partial charge in [-0.15, -0.1) is 0 Å². The molecule has 0 aliphatic carbocycles. The van der Waals surface area contributed by atoms with E-state index in [0.717, 1.165) is 23.2 Å². The van der Waals surface area contributed by atoms with Gasteiger partial charge in [0.2, 0.25) is 0 Å². The maximum Gasteiger partial charge on any atom is 0.416 e. The van der Waals surface area contributed by atoms with Crippen LogP contribution >= 0.6 is 11.6 Å². The molecule has 184 valence electrons. The number of sulfonamides is 1. The zero-order chi connectivity index (χ0) is 26.0. The van der Waals surface area contributed by atoms with E-state index in [1.807, 2.05) is 0 Å². The van der Waals surface area contributed by atoms with Crippen LogP contribution in [-0.4, -0.2) is 43.1 Å². The molecule has 1 aliphatic heterocycles. The minimum absolute atomic E-state index is 0.0803. The van der Waals surface area contributed by atoms with E-state index in [-0.39, 0.29) is 28.4 Å². The topological polar surface area (TPSA) is 116 Å². The number of anilines is 1. The van der Waals surface area contributed by atoms with Crippen molar-refractivity contribution >= 4 is 45.3 Å². The smallest absolute Gasteiger partial charge is 0.411 e. The van der Waals surface area contributed by atoms with Crippen LogP contribution in [0.5, 0.6) is 0 Å². The van der Waals surface area contributed by atoms with Gasteiger partial charge in [-0.2, -0.15) is 13.2 Å². The van der Waals surface area contributed by atoms with Gasteiger partial charge in [0, 0.05) is 0 Å². The lowest BCUT2D eigenvalue weighted by Gasteiger charge is -2.15. The van der Waals surface area contributed by atoms with Crippen molar-refractivity contribution in [2.75, 3.05) is 11.3 Å². The quantitative estimate of drug-likeness (QED) is 0.178. The Morgan fingerprint density at radius 2 is 1.74 bits per heavy atom. The van der Waals surface area contributed by atoms with Crippen LogP contribution in [0.25, 0.3) is 0 Å². The summed E-state index contributed by atoms with van der Waals surface area (Å²) in [5.41, 5.74) is -1.27. The summed E-state index contributed by atoms with van der Waals surface area (Å²) in [4.78, 5) is 26.4. The average Bonchev–Trinajstić information content (AvgIpc) is 3.05. The molecule has 0 saturated carbocycles. The summed E-state index contributed by atoms with van der Waals surface area (Å²) in [7, 11) is -4.41. The minimum atomic E-state index is -4.64. The standard InChI is InChI=1S/C22H17ClF3N3O5S/c1-2-13(4-3-11-27-32)12-29-20(30)18-16(23)9-10-17(19(18)21(29)31)28-35(33,34)15-7-5-14(6-8-15)22(24,25)26/h2-11,28,32H,12H2,1H3/b4-3-,13-2+,27-11+. The number of hydrogen-bond donors (Lipinski definition) is 2. The SMILES string of the molecule is C\C=C(/C=C\C=N\O)CN1C(=O)c2c(Cl)ccc(NS(=O)(=O)c3ccc(C(F)(F)F)cc3)c2C1=O. The van der Waals surface area contributed by atoms with Gasteiger partial charge in [0.05, 0.1) is 45.1 Å². The highest BCUT2D eigenvalue weighted by atomic mass is 35.5. The van der Waals surface area contributed by atoms with Crippen molar-refractivity contribution in [3.05, 3.63) is 81.9 Å². The van der Waals surface area contributed by atoms with E-state index in [9.17, 15) is 31.2 Å². The first-order chi connectivity index (χ1) is 16.4. The highest BCUT2D eigenvalue weighted by molar-refractivity contribution is 7.92. The van der Waals surface area contributed by atoms with Gasteiger partial charge < -0.3 is 5.21 Å². The van der Waals surface area contributed by atoms with Crippen LogP contribution in [0.4, 0.5) is 18.9 Å². The number of oxime groups is 1. The largest absolute Gasteiger partial charge is 0.416 e. The maximum absolute atomic E-state index is 13.1. The molecule has 2 N–H and O–H groups in total. The van der Waals surface area contributed by atoms with E-state index in [2.05, 4.69) is 9.88 Å². The fourth-order valence-electron chi connectivity index (χ4n) is 3.25. The van der Waals surface area contributed by atoms with Crippen molar-refractivity contribution in [1.82, 2.24) is 4.90 Å². The predicted molar refractivity (Wildman–Crippen MR) is 122 cm³/mol. The second-order valence-electron chi connectivity index (χ2n) is 7.16. The number of halogens is 4. The summed E-state index contributed by atoms with van der Waals surface area (Å²) in [6, 6.07) is 5.21. The van der Waals surface area contributed by atoms with E-state index in [0.29, 0.717) is 17.7 Å². The molecule has 2 amide bonds. The first kappa shape index (κ1) is 26.0. The molecule has 35 heavy (non-hydrogen) atoms. The summed E-state index contributed by atoms with van der Waals surface area (Å²) in [5.74, 6) is -1.57. The third-order valence-electron chi connectivity index (χ3n) is 4.98. The molecule has 0 fully saturated rings. The van der Waals surface area contributed by atoms with Gasteiger partial charge in [0.15, 0.2) is 0 Å². The second-order valence-corrected chi connectivity index (χ2v) is 9.25. The van der Waals surface area contributed by atoms with Gasteiger partial charge in [0.1, 0.15) is 0 Å². The molecule has 0 aromatic heterocycles. The molecule has 0 unspecified atom stereocenters. The van der Waals surface area contributed by atoms with Gasteiger partial charge in [-0.1, -0.05) is 28.9 Å². The van der Waals surface area contributed by atoms with Crippen molar-refractivity contribution in [2.24, 2.45) is 5.16 Å². The molecule has 8 nitrogen and oxygen atoms in total. The van der Waals surface area contributed by atoms with E-state index < -0.39 is 38.5 Å². The van der Waals surface area contributed by atoms with Crippen LogP contribution < -0.4 is 4.72 Å². The fourth-order valence-corrected chi connectivity index (χ4v) is 4.56. The lowest BCUT2D eigenvalue weighted by molar-refractivity contribution is -0.137. The Morgan fingerprint density at radius 1 is 1.11 bits per heavy atom. The zero-order valence-corrected chi connectivity index (χ0v) is 19.4. The monoisotopic (exact) mass is 527 g/mol. The highest BCUT2D eigenvalue weighted by Gasteiger charge is 2.40. The molecule has 13 heteroatoms. The molecule has 0 bridgehead atoms. The van der Waals surface area contributed by atoms with E-state index in [4.69, 9.17) is 16.8 Å². The Hall–Kier alpha value is -3.64. The number of fused-ring (bicyclic) bond motifs is 1. The number of benzene rings is 2. The Morgan fingerprint density at radius 3 is 2.31 bits per heavy atom. The highest BCUT2D eigenvalue weighted by Crippen LogP contribution is 2.36. The van der Waals surface area contributed by atoms with Crippen LogP contribution in [0.1, 0.15) is 33.2 Å². The third kappa shape index (κ3) is 5.38. The number of nitrogens with one attached hydrogen (secondary N) is 1. The Balaban J connectivity index is 1.95. The summed E-state index contributed by atoms with van der Waals surface area (Å²) >= 11 is 6.13. The molecule has 1 aliphatic rings. The van der Waals surface area contributed by atoms with Crippen molar-refractivity contribution in [1.29, 1.82) is 0 Å². The van der Waals surface area contributed by atoms with Gasteiger partial charge in [0.25, 0.3) is 21.8 Å². The fraction of sp³-hybridized carbons (Fsp3) is 0.136. The number of carbonyl (C=O) groups is 2. The lowest BCUT2D eigenvalue weighted by Crippen LogP contribution is -2.31. The van der Waals surface area contributed by atoms with E-state index in [1.54, 1.807) is 13.0 Å². The molecule has 3 rings (SSSR count). The Bertz CT molecular complexity index is 1370. The first-order valence-corrected chi connectivity index (χ1v) is 11.6. The molecule has 2 aromatic carbocycles. The average molecular weight is 528 g/mol. The molecular weight excluding hydrogens is 511 g/mol. The van der Waals surface area contributed by atoms with Gasteiger partial charge in [-0.25, -0.2) is 8.42 Å². The zero-order valence-electron chi connectivity index (χ0n) is 17.9. The maximum atomic E-state index is 13.1. The molecular formula is C22H17ClF3N3O5S. The number of nitrogens with zero attached hydrogens (tertiary/aromatic N) is 2. The van der Waals surface area contributed by atoms with Crippen LogP contribution in [0.2, 0.25) is 5.02 Å². The number of amides is 2. The number of hydrogen-bond acceptors (Lipinski definition) is 6. The van der Waals surface area contributed by atoms with Crippen LogP contribution in [0, 0.1) is 0 Å². The normalized spacial score (nSPS) is 14.9. The van der Waals surface area contributed by atoms with Gasteiger partial charge >= 0.3 is 6.18 Å². The Labute approximate surface area is 203 Å². The van der Waals surface area contributed by atoms with Crippen molar-refractivity contribution in [3.8, 4) is 0 Å². The number of carbonyl (C=O) groups excluding carboxylic acids is 2. The number of rotatable bonds is 7. The summed E-state index contributed by atoms with van der Waals surface area (Å²) in [6.45, 7) is 1.48. The number of allylic oxidation sites excluding steroid dienone is 2. The van der Waals surface area contributed by atoms with Gasteiger partial charge in [-0.3, -0.25) is 19.2 Å². The van der Waals surface area contributed by atoms with Crippen molar-refractivity contribution < 1.29 is 36.4 Å².